The number of hydrogen-bond acceptors (Lipinski definition) is 7. The summed E-state index contributed by atoms with van der Waals surface area (Å²) in [4.78, 5) is 42.4. The molecule has 0 aliphatic heterocycles. The standard InChI is InChI=1S/C18H24N2O5S/c1-7-10(4)25-17(22)12(6)20-8-19-15-13(16(20)21)11(5)14(26-15)18(23)24-9(2)3/h8-10,12H,7H2,1-6H3/t10-,12+/m1/s1. The van der Waals surface area contributed by atoms with Crippen LogP contribution in [0.4, 0.5) is 0 Å². The number of aryl methyl sites for hydroxylation is 1. The van der Waals surface area contributed by atoms with Crippen molar-refractivity contribution >= 4 is 33.5 Å². The van der Waals surface area contributed by atoms with Crippen LogP contribution >= 0.6 is 11.3 Å². The van der Waals surface area contributed by atoms with Crippen LogP contribution in [0.1, 0.15) is 62.3 Å². The number of carbonyl (C=O) groups excluding carboxylic acids is 2. The molecular weight excluding hydrogens is 356 g/mol. The van der Waals surface area contributed by atoms with Gasteiger partial charge >= 0.3 is 11.9 Å². The molecule has 2 heterocycles. The van der Waals surface area contributed by atoms with Crippen LogP contribution in [0.15, 0.2) is 11.1 Å². The topological polar surface area (TPSA) is 87.5 Å². The van der Waals surface area contributed by atoms with E-state index in [0.717, 1.165) is 11.3 Å². The Balaban J connectivity index is 2.45. The first-order valence-electron chi connectivity index (χ1n) is 8.59. The van der Waals surface area contributed by atoms with Gasteiger partial charge in [-0.15, -0.1) is 11.3 Å². The molecule has 0 spiro atoms. The van der Waals surface area contributed by atoms with Crippen molar-refractivity contribution in [2.45, 2.75) is 66.2 Å². The van der Waals surface area contributed by atoms with Gasteiger partial charge in [-0.25, -0.2) is 14.6 Å². The first kappa shape index (κ1) is 20.1. The maximum absolute atomic E-state index is 12.9. The van der Waals surface area contributed by atoms with Gasteiger partial charge in [0.1, 0.15) is 15.7 Å². The summed E-state index contributed by atoms with van der Waals surface area (Å²) < 4.78 is 11.8. The molecule has 2 aromatic heterocycles. The lowest BCUT2D eigenvalue weighted by Gasteiger charge is -2.17. The summed E-state index contributed by atoms with van der Waals surface area (Å²) in [5.74, 6) is -0.967. The second-order valence-corrected chi connectivity index (χ2v) is 7.48. The van der Waals surface area contributed by atoms with Gasteiger partial charge in [0.25, 0.3) is 5.56 Å². The number of thiophene rings is 1. The summed E-state index contributed by atoms with van der Waals surface area (Å²) in [6.45, 7) is 10.5. The van der Waals surface area contributed by atoms with E-state index in [-0.39, 0.29) is 17.8 Å². The van der Waals surface area contributed by atoms with Crippen LogP contribution in [-0.2, 0) is 14.3 Å². The molecule has 26 heavy (non-hydrogen) atoms. The molecule has 2 atom stereocenters. The number of esters is 2. The molecule has 8 heteroatoms. The number of carbonyl (C=O) groups is 2. The molecule has 0 amide bonds. The fraction of sp³-hybridized carbons (Fsp3) is 0.556. The van der Waals surface area contributed by atoms with E-state index >= 15 is 0 Å². The van der Waals surface area contributed by atoms with Gasteiger partial charge < -0.3 is 9.47 Å². The summed E-state index contributed by atoms with van der Waals surface area (Å²) in [7, 11) is 0. The lowest BCUT2D eigenvalue weighted by Crippen LogP contribution is -2.31. The number of hydrogen-bond donors (Lipinski definition) is 0. The molecule has 0 N–H and O–H groups in total. The third kappa shape index (κ3) is 3.95. The van der Waals surface area contributed by atoms with E-state index in [2.05, 4.69) is 4.98 Å². The highest BCUT2D eigenvalue weighted by Gasteiger charge is 2.25. The molecular formula is C18H24N2O5S. The highest BCUT2D eigenvalue weighted by molar-refractivity contribution is 7.20. The molecule has 0 saturated heterocycles. The van der Waals surface area contributed by atoms with Gasteiger partial charge in [0.2, 0.25) is 0 Å². The monoisotopic (exact) mass is 380 g/mol. The van der Waals surface area contributed by atoms with Crippen LogP contribution < -0.4 is 5.56 Å². The highest BCUT2D eigenvalue weighted by Crippen LogP contribution is 2.28. The predicted octanol–water partition coefficient (Wildman–Crippen LogP) is 3.23. The lowest BCUT2D eigenvalue weighted by atomic mass is 10.2. The Morgan fingerprint density at radius 3 is 2.46 bits per heavy atom. The van der Waals surface area contributed by atoms with Crippen LogP contribution in [0.3, 0.4) is 0 Å². The van der Waals surface area contributed by atoms with Crippen molar-refractivity contribution in [3.8, 4) is 0 Å². The quantitative estimate of drug-likeness (QED) is 0.715. The Hall–Kier alpha value is -2.22. The molecule has 0 radical (unpaired) electrons. The third-order valence-electron chi connectivity index (χ3n) is 4.05. The van der Waals surface area contributed by atoms with Crippen LogP contribution in [0, 0.1) is 6.92 Å². The molecule has 0 saturated carbocycles. The van der Waals surface area contributed by atoms with Gasteiger partial charge in [-0.1, -0.05) is 6.92 Å². The van der Waals surface area contributed by atoms with Crippen molar-refractivity contribution in [1.82, 2.24) is 9.55 Å². The Morgan fingerprint density at radius 1 is 1.23 bits per heavy atom. The smallest absolute Gasteiger partial charge is 0.348 e. The normalized spacial score (nSPS) is 13.7. The van der Waals surface area contributed by atoms with Crippen molar-refractivity contribution in [3.05, 3.63) is 27.1 Å². The fourth-order valence-electron chi connectivity index (χ4n) is 2.37. The number of aromatic nitrogens is 2. The Labute approximate surface area is 155 Å². The third-order valence-corrected chi connectivity index (χ3v) is 5.23. The zero-order valence-corrected chi connectivity index (χ0v) is 16.7. The number of fused-ring (bicyclic) bond motifs is 1. The summed E-state index contributed by atoms with van der Waals surface area (Å²) >= 11 is 1.12. The van der Waals surface area contributed by atoms with Gasteiger partial charge in [0.15, 0.2) is 0 Å². The summed E-state index contributed by atoms with van der Waals surface area (Å²) in [5, 5.41) is 0.330. The molecule has 0 bridgehead atoms. The molecule has 7 nitrogen and oxygen atoms in total. The first-order chi connectivity index (χ1) is 12.2. The maximum Gasteiger partial charge on any atom is 0.348 e. The summed E-state index contributed by atoms with van der Waals surface area (Å²) in [6.07, 6.45) is 1.53. The van der Waals surface area contributed by atoms with Crippen LogP contribution in [-0.4, -0.2) is 33.7 Å². The van der Waals surface area contributed by atoms with Crippen molar-refractivity contribution < 1.29 is 19.1 Å². The van der Waals surface area contributed by atoms with Crippen molar-refractivity contribution in [2.24, 2.45) is 0 Å². The van der Waals surface area contributed by atoms with Crippen LogP contribution in [0.25, 0.3) is 10.2 Å². The van der Waals surface area contributed by atoms with E-state index in [9.17, 15) is 14.4 Å². The van der Waals surface area contributed by atoms with Gasteiger partial charge in [-0.3, -0.25) is 9.36 Å². The van der Waals surface area contributed by atoms with E-state index in [1.807, 2.05) is 6.92 Å². The zero-order chi connectivity index (χ0) is 19.6. The average Bonchev–Trinajstić information content (AvgIpc) is 2.91. The Kier molecular flexibility index (Phi) is 6.17. The Bertz CT molecular complexity index is 884. The van der Waals surface area contributed by atoms with Gasteiger partial charge in [-0.2, -0.15) is 0 Å². The van der Waals surface area contributed by atoms with Crippen LogP contribution in [0.2, 0.25) is 0 Å². The molecule has 0 unspecified atom stereocenters. The fourth-order valence-corrected chi connectivity index (χ4v) is 3.39. The van der Waals surface area contributed by atoms with E-state index < -0.39 is 18.0 Å². The largest absolute Gasteiger partial charge is 0.461 e. The minimum Gasteiger partial charge on any atom is -0.461 e. The number of nitrogens with zero attached hydrogens (tertiary/aromatic N) is 2. The number of rotatable bonds is 6. The van der Waals surface area contributed by atoms with Crippen LogP contribution in [0.5, 0.6) is 0 Å². The first-order valence-corrected chi connectivity index (χ1v) is 9.40. The van der Waals surface area contributed by atoms with Crippen molar-refractivity contribution in [1.29, 1.82) is 0 Å². The second kappa shape index (κ2) is 7.99. The predicted molar refractivity (Wildman–Crippen MR) is 99.7 cm³/mol. The summed E-state index contributed by atoms with van der Waals surface area (Å²) in [5.41, 5.74) is 0.144. The van der Waals surface area contributed by atoms with E-state index in [1.54, 1.807) is 34.6 Å². The molecule has 0 aromatic carbocycles. The van der Waals surface area contributed by atoms with Crippen molar-refractivity contribution in [3.63, 3.8) is 0 Å². The zero-order valence-electron chi connectivity index (χ0n) is 15.9. The molecule has 0 aliphatic rings. The van der Waals surface area contributed by atoms with E-state index in [1.165, 1.54) is 10.9 Å². The highest BCUT2D eigenvalue weighted by atomic mass is 32.1. The minimum absolute atomic E-state index is 0.224. The number of ether oxygens (including phenoxy) is 2. The summed E-state index contributed by atoms with van der Waals surface area (Å²) in [6, 6.07) is -0.807. The minimum atomic E-state index is -0.807. The molecule has 142 valence electrons. The maximum atomic E-state index is 12.9. The second-order valence-electron chi connectivity index (χ2n) is 6.48. The van der Waals surface area contributed by atoms with Crippen molar-refractivity contribution in [2.75, 3.05) is 0 Å². The van der Waals surface area contributed by atoms with Gasteiger partial charge in [0.05, 0.1) is 23.9 Å². The Morgan fingerprint density at radius 2 is 1.88 bits per heavy atom. The lowest BCUT2D eigenvalue weighted by molar-refractivity contribution is -0.152. The van der Waals surface area contributed by atoms with E-state index in [4.69, 9.17) is 9.47 Å². The molecule has 0 aliphatic carbocycles. The average molecular weight is 380 g/mol. The van der Waals surface area contributed by atoms with Gasteiger partial charge in [0, 0.05) is 0 Å². The SMILES string of the molecule is CC[C@@H](C)OC(=O)[C@H](C)n1cnc2sc(C(=O)OC(C)C)c(C)c2c1=O. The van der Waals surface area contributed by atoms with Gasteiger partial charge in [-0.05, 0) is 46.6 Å². The molecule has 2 rings (SSSR count). The molecule has 2 aromatic rings. The molecule has 0 fully saturated rings. The van der Waals surface area contributed by atoms with E-state index in [0.29, 0.717) is 27.1 Å².